The SMILES string of the molecule is Fc1ccc(CNCc2cccnc2)cc1N1CCCC1. The fourth-order valence-corrected chi connectivity index (χ4v) is 2.72. The zero-order chi connectivity index (χ0) is 14.5. The Hall–Kier alpha value is -1.94. The molecule has 1 N–H and O–H groups in total. The first-order chi connectivity index (χ1) is 10.3. The first-order valence-corrected chi connectivity index (χ1v) is 7.46. The van der Waals surface area contributed by atoms with Crippen molar-refractivity contribution in [2.75, 3.05) is 18.0 Å². The molecule has 110 valence electrons. The Kier molecular flexibility index (Phi) is 4.46. The monoisotopic (exact) mass is 285 g/mol. The summed E-state index contributed by atoms with van der Waals surface area (Å²) in [4.78, 5) is 6.23. The van der Waals surface area contributed by atoms with Gasteiger partial charge in [-0.1, -0.05) is 12.1 Å². The molecule has 2 heterocycles. The van der Waals surface area contributed by atoms with Gasteiger partial charge in [-0.15, -0.1) is 0 Å². The average molecular weight is 285 g/mol. The largest absolute Gasteiger partial charge is 0.369 e. The van der Waals surface area contributed by atoms with E-state index in [4.69, 9.17) is 0 Å². The Morgan fingerprint density at radius 1 is 1.10 bits per heavy atom. The van der Waals surface area contributed by atoms with Crippen molar-refractivity contribution in [2.24, 2.45) is 0 Å². The molecule has 2 aromatic rings. The molecular weight excluding hydrogens is 265 g/mol. The van der Waals surface area contributed by atoms with E-state index in [0.29, 0.717) is 0 Å². The number of benzene rings is 1. The molecule has 0 saturated carbocycles. The number of hydrogen-bond acceptors (Lipinski definition) is 3. The topological polar surface area (TPSA) is 28.2 Å². The van der Waals surface area contributed by atoms with Gasteiger partial charge in [-0.2, -0.15) is 0 Å². The van der Waals surface area contributed by atoms with E-state index in [1.807, 2.05) is 30.5 Å². The highest BCUT2D eigenvalue weighted by molar-refractivity contribution is 5.50. The molecule has 0 bridgehead atoms. The second-order valence-electron chi connectivity index (χ2n) is 5.44. The number of nitrogens with zero attached hydrogens (tertiary/aromatic N) is 2. The van der Waals surface area contributed by atoms with Crippen molar-refractivity contribution in [3.63, 3.8) is 0 Å². The van der Waals surface area contributed by atoms with Crippen LogP contribution in [0, 0.1) is 5.82 Å². The van der Waals surface area contributed by atoms with Crippen LogP contribution in [0.25, 0.3) is 0 Å². The van der Waals surface area contributed by atoms with Gasteiger partial charge in [-0.3, -0.25) is 4.98 Å². The van der Waals surface area contributed by atoms with Crippen molar-refractivity contribution in [3.8, 4) is 0 Å². The minimum absolute atomic E-state index is 0.118. The number of nitrogens with one attached hydrogen (secondary N) is 1. The van der Waals surface area contributed by atoms with Gasteiger partial charge in [0.25, 0.3) is 0 Å². The Bertz CT molecular complexity index is 580. The number of rotatable bonds is 5. The van der Waals surface area contributed by atoms with Gasteiger partial charge in [-0.25, -0.2) is 4.39 Å². The van der Waals surface area contributed by atoms with Gasteiger partial charge in [0, 0.05) is 38.6 Å². The first kappa shape index (κ1) is 14.0. The molecule has 1 aromatic carbocycles. The molecule has 0 spiro atoms. The van der Waals surface area contributed by atoms with Crippen LogP contribution in [0.2, 0.25) is 0 Å². The maximum Gasteiger partial charge on any atom is 0.146 e. The molecule has 0 radical (unpaired) electrons. The molecule has 1 aromatic heterocycles. The Morgan fingerprint density at radius 3 is 2.67 bits per heavy atom. The zero-order valence-corrected chi connectivity index (χ0v) is 12.1. The van der Waals surface area contributed by atoms with Crippen LogP contribution < -0.4 is 10.2 Å². The van der Waals surface area contributed by atoms with Crippen LogP contribution in [-0.4, -0.2) is 18.1 Å². The van der Waals surface area contributed by atoms with Gasteiger partial charge in [-0.05, 0) is 42.2 Å². The molecule has 0 aliphatic carbocycles. The average Bonchev–Trinajstić information content (AvgIpc) is 3.04. The normalized spacial score (nSPS) is 14.6. The van der Waals surface area contributed by atoms with E-state index in [9.17, 15) is 4.39 Å². The summed E-state index contributed by atoms with van der Waals surface area (Å²) in [6, 6.07) is 9.37. The van der Waals surface area contributed by atoms with Crippen molar-refractivity contribution in [1.82, 2.24) is 10.3 Å². The van der Waals surface area contributed by atoms with Crippen molar-refractivity contribution in [2.45, 2.75) is 25.9 Å². The second kappa shape index (κ2) is 6.68. The predicted octanol–water partition coefficient (Wildman–Crippen LogP) is 3.11. The lowest BCUT2D eigenvalue weighted by Crippen LogP contribution is -2.20. The van der Waals surface area contributed by atoms with E-state index in [1.165, 1.54) is 0 Å². The lowest BCUT2D eigenvalue weighted by atomic mass is 10.1. The summed E-state index contributed by atoms with van der Waals surface area (Å²) in [6.07, 6.45) is 5.94. The second-order valence-corrected chi connectivity index (χ2v) is 5.44. The Balaban J connectivity index is 1.61. The van der Waals surface area contributed by atoms with Crippen molar-refractivity contribution >= 4 is 5.69 Å². The number of pyridine rings is 1. The number of hydrogen-bond donors (Lipinski definition) is 1. The summed E-state index contributed by atoms with van der Waals surface area (Å²) in [6.45, 7) is 3.42. The summed E-state index contributed by atoms with van der Waals surface area (Å²) < 4.78 is 13.9. The van der Waals surface area contributed by atoms with Gasteiger partial charge in [0.2, 0.25) is 0 Å². The molecule has 1 aliphatic rings. The molecule has 0 amide bonds. The van der Waals surface area contributed by atoms with E-state index >= 15 is 0 Å². The fourth-order valence-electron chi connectivity index (χ4n) is 2.72. The van der Waals surface area contributed by atoms with Crippen LogP contribution in [0.5, 0.6) is 0 Å². The molecule has 0 unspecified atom stereocenters. The van der Waals surface area contributed by atoms with Gasteiger partial charge in [0.05, 0.1) is 5.69 Å². The number of halogens is 1. The van der Waals surface area contributed by atoms with E-state index in [2.05, 4.69) is 15.2 Å². The van der Waals surface area contributed by atoms with Crippen molar-refractivity contribution in [3.05, 3.63) is 59.7 Å². The first-order valence-electron chi connectivity index (χ1n) is 7.46. The summed E-state index contributed by atoms with van der Waals surface area (Å²) in [5, 5.41) is 3.37. The molecule has 3 nitrogen and oxygen atoms in total. The summed E-state index contributed by atoms with van der Waals surface area (Å²) in [7, 11) is 0. The van der Waals surface area contributed by atoms with E-state index in [-0.39, 0.29) is 5.82 Å². The molecule has 21 heavy (non-hydrogen) atoms. The third-order valence-corrected chi connectivity index (χ3v) is 3.84. The minimum atomic E-state index is -0.118. The molecule has 1 fully saturated rings. The van der Waals surface area contributed by atoms with Gasteiger partial charge in [0.1, 0.15) is 5.82 Å². The van der Waals surface area contributed by atoms with Crippen LogP contribution in [0.15, 0.2) is 42.7 Å². The minimum Gasteiger partial charge on any atom is -0.369 e. The van der Waals surface area contributed by atoms with Crippen LogP contribution in [0.4, 0.5) is 10.1 Å². The maximum absolute atomic E-state index is 13.9. The van der Waals surface area contributed by atoms with E-state index in [1.54, 1.807) is 12.3 Å². The van der Waals surface area contributed by atoms with Crippen molar-refractivity contribution < 1.29 is 4.39 Å². The van der Waals surface area contributed by atoms with Crippen molar-refractivity contribution in [1.29, 1.82) is 0 Å². The van der Waals surface area contributed by atoms with Crippen LogP contribution in [-0.2, 0) is 13.1 Å². The summed E-state index contributed by atoms with van der Waals surface area (Å²) in [5.41, 5.74) is 3.01. The lowest BCUT2D eigenvalue weighted by Gasteiger charge is -2.19. The third kappa shape index (κ3) is 3.58. The quantitative estimate of drug-likeness (QED) is 0.915. The molecule has 1 aliphatic heterocycles. The van der Waals surface area contributed by atoms with Crippen LogP contribution >= 0.6 is 0 Å². The predicted molar refractivity (Wildman–Crippen MR) is 82.6 cm³/mol. The zero-order valence-electron chi connectivity index (χ0n) is 12.1. The van der Waals surface area contributed by atoms with E-state index in [0.717, 1.165) is 55.8 Å². The Labute approximate surface area is 124 Å². The lowest BCUT2D eigenvalue weighted by molar-refractivity contribution is 0.620. The van der Waals surface area contributed by atoms with E-state index < -0.39 is 0 Å². The maximum atomic E-state index is 13.9. The highest BCUT2D eigenvalue weighted by atomic mass is 19.1. The third-order valence-electron chi connectivity index (χ3n) is 3.84. The number of aromatic nitrogens is 1. The van der Waals surface area contributed by atoms with Gasteiger partial charge in [0.15, 0.2) is 0 Å². The molecule has 4 heteroatoms. The summed E-state index contributed by atoms with van der Waals surface area (Å²) >= 11 is 0. The van der Waals surface area contributed by atoms with Crippen LogP contribution in [0.3, 0.4) is 0 Å². The number of anilines is 1. The van der Waals surface area contributed by atoms with Crippen LogP contribution in [0.1, 0.15) is 24.0 Å². The summed E-state index contributed by atoms with van der Waals surface area (Å²) in [5.74, 6) is -0.118. The highest BCUT2D eigenvalue weighted by Gasteiger charge is 2.16. The Morgan fingerprint density at radius 2 is 1.90 bits per heavy atom. The standard InChI is InChI=1S/C17H20FN3/c18-16-6-5-14(10-17(16)21-8-1-2-9-21)11-20-13-15-4-3-7-19-12-15/h3-7,10,12,20H,1-2,8-9,11,13H2. The van der Waals surface area contributed by atoms with Gasteiger partial charge < -0.3 is 10.2 Å². The smallest absolute Gasteiger partial charge is 0.146 e. The highest BCUT2D eigenvalue weighted by Crippen LogP contribution is 2.24. The molecule has 0 atom stereocenters. The molecule has 3 rings (SSSR count). The molecule has 1 saturated heterocycles. The molecular formula is C17H20FN3. The fraction of sp³-hybridized carbons (Fsp3) is 0.353. The van der Waals surface area contributed by atoms with Gasteiger partial charge >= 0.3 is 0 Å².